The molecule has 2 heteroatoms. The fourth-order valence-electron chi connectivity index (χ4n) is 2.91. The van der Waals surface area contributed by atoms with E-state index in [1.807, 2.05) is 0 Å². The molecule has 2 saturated carbocycles. The van der Waals surface area contributed by atoms with Crippen LogP contribution in [0.4, 0.5) is 0 Å². The molecule has 1 radical (unpaired) electrons. The lowest BCUT2D eigenvalue weighted by Crippen LogP contribution is -2.30. The summed E-state index contributed by atoms with van der Waals surface area (Å²) in [5.41, 5.74) is 0. The van der Waals surface area contributed by atoms with Gasteiger partial charge in [-0.1, -0.05) is 38.5 Å². The molecule has 0 bridgehead atoms. The molecule has 1 atom stereocenters. The molecule has 0 aromatic rings. The summed E-state index contributed by atoms with van der Waals surface area (Å²) in [7, 11) is 0. The Hall–Kier alpha value is -0.0800. The van der Waals surface area contributed by atoms with Gasteiger partial charge in [0.1, 0.15) is 0 Å². The van der Waals surface area contributed by atoms with Crippen LogP contribution in [0.5, 0.6) is 0 Å². The van der Waals surface area contributed by atoms with Gasteiger partial charge in [0.05, 0.1) is 6.10 Å². The molecule has 2 nitrogen and oxygen atoms in total. The summed E-state index contributed by atoms with van der Waals surface area (Å²) in [4.78, 5) is 0. The molecule has 2 rings (SSSR count). The van der Waals surface area contributed by atoms with Crippen molar-refractivity contribution in [1.29, 1.82) is 0 Å². The molecule has 0 spiro atoms. The van der Waals surface area contributed by atoms with Crippen LogP contribution in [0.1, 0.15) is 64.2 Å². The minimum Gasteiger partial charge on any atom is -0.346 e. The van der Waals surface area contributed by atoms with E-state index < -0.39 is 6.29 Å². The predicted octanol–water partition coefficient (Wildman–Crippen LogP) is 3.67. The molecule has 0 aromatic carbocycles. The van der Waals surface area contributed by atoms with Crippen LogP contribution in [0.2, 0.25) is 0 Å². The summed E-state index contributed by atoms with van der Waals surface area (Å²) in [6, 6.07) is 0. The molecule has 0 amide bonds. The molecular weight excluding hydrogens is 188 g/mol. The zero-order chi connectivity index (χ0) is 10.5. The van der Waals surface area contributed by atoms with Crippen molar-refractivity contribution in [3.63, 3.8) is 0 Å². The predicted molar refractivity (Wildman–Crippen MR) is 59.0 cm³/mol. The fourth-order valence-corrected chi connectivity index (χ4v) is 2.91. The van der Waals surface area contributed by atoms with Crippen molar-refractivity contribution in [2.24, 2.45) is 5.92 Å². The van der Waals surface area contributed by atoms with Gasteiger partial charge in [-0.05, 0) is 25.7 Å². The first kappa shape index (κ1) is 11.4. The highest BCUT2D eigenvalue weighted by molar-refractivity contribution is 4.71. The molecule has 0 saturated heterocycles. The van der Waals surface area contributed by atoms with Crippen molar-refractivity contribution in [2.75, 3.05) is 0 Å². The molecular formula is C13H23O2. The Kier molecular flexibility index (Phi) is 4.45. The Balaban J connectivity index is 1.72. The highest BCUT2D eigenvalue weighted by Crippen LogP contribution is 2.30. The van der Waals surface area contributed by atoms with E-state index in [-0.39, 0.29) is 6.10 Å². The summed E-state index contributed by atoms with van der Waals surface area (Å²) in [6.45, 7) is 0. The number of hydrogen-bond donors (Lipinski definition) is 0. The molecule has 2 aliphatic carbocycles. The smallest absolute Gasteiger partial charge is 0.194 e. The van der Waals surface area contributed by atoms with Crippen molar-refractivity contribution in [3.8, 4) is 0 Å². The van der Waals surface area contributed by atoms with E-state index in [9.17, 15) is 5.11 Å². The second-order valence-electron chi connectivity index (χ2n) is 5.16. The third-order valence-electron chi connectivity index (χ3n) is 3.91. The SMILES string of the molecule is [O]C(OC1CCCCC1)C1CCCCC1. The van der Waals surface area contributed by atoms with E-state index in [1.54, 1.807) is 0 Å². The number of ether oxygens (including phenoxy) is 1. The van der Waals surface area contributed by atoms with Crippen molar-refractivity contribution in [3.05, 3.63) is 0 Å². The standard InChI is InChI=1S/C13H23O2/c14-13(11-7-3-1-4-8-11)15-12-9-5-2-6-10-12/h11-13H,1-10H2. The van der Waals surface area contributed by atoms with Gasteiger partial charge in [-0.2, -0.15) is 0 Å². The maximum Gasteiger partial charge on any atom is 0.194 e. The topological polar surface area (TPSA) is 29.1 Å². The van der Waals surface area contributed by atoms with Crippen LogP contribution in [0.15, 0.2) is 0 Å². The maximum absolute atomic E-state index is 11.9. The molecule has 1 unspecified atom stereocenters. The van der Waals surface area contributed by atoms with Gasteiger partial charge in [0.2, 0.25) is 0 Å². The van der Waals surface area contributed by atoms with E-state index in [0.29, 0.717) is 5.92 Å². The van der Waals surface area contributed by atoms with E-state index in [2.05, 4.69) is 0 Å². The zero-order valence-corrected chi connectivity index (χ0v) is 9.62. The Morgan fingerprint density at radius 3 is 1.93 bits per heavy atom. The van der Waals surface area contributed by atoms with Crippen LogP contribution < -0.4 is 0 Å². The van der Waals surface area contributed by atoms with Gasteiger partial charge in [-0.15, -0.1) is 0 Å². The minimum absolute atomic E-state index is 0.281. The summed E-state index contributed by atoms with van der Waals surface area (Å²) in [5, 5.41) is 11.9. The molecule has 0 aromatic heterocycles. The molecule has 0 aliphatic heterocycles. The van der Waals surface area contributed by atoms with E-state index in [4.69, 9.17) is 4.74 Å². The lowest BCUT2D eigenvalue weighted by atomic mass is 9.88. The largest absolute Gasteiger partial charge is 0.346 e. The van der Waals surface area contributed by atoms with Crippen LogP contribution >= 0.6 is 0 Å². The van der Waals surface area contributed by atoms with Gasteiger partial charge in [-0.3, -0.25) is 0 Å². The Labute approximate surface area is 93.0 Å². The Morgan fingerprint density at radius 1 is 0.800 bits per heavy atom. The summed E-state index contributed by atoms with van der Waals surface area (Å²) >= 11 is 0. The average molecular weight is 211 g/mol. The van der Waals surface area contributed by atoms with E-state index in [0.717, 1.165) is 25.7 Å². The molecule has 2 aliphatic rings. The van der Waals surface area contributed by atoms with Crippen LogP contribution in [-0.2, 0) is 9.84 Å². The third kappa shape index (κ3) is 3.46. The van der Waals surface area contributed by atoms with Crippen molar-refractivity contribution >= 4 is 0 Å². The average Bonchev–Trinajstić information content (AvgIpc) is 2.31. The van der Waals surface area contributed by atoms with Gasteiger partial charge < -0.3 is 4.74 Å². The second-order valence-corrected chi connectivity index (χ2v) is 5.16. The van der Waals surface area contributed by atoms with Crippen LogP contribution in [0, 0.1) is 5.92 Å². The highest BCUT2D eigenvalue weighted by atomic mass is 16.6. The highest BCUT2D eigenvalue weighted by Gasteiger charge is 2.26. The molecule has 15 heavy (non-hydrogen) atoms. The Morgan fingerprint density at radius 2 is 1.33 bits per heavy atom. The molecule has 87 valence electrons. The van der Waals surface area contributed by atoms with Crippen molar-refractivity contribution < 1.29 is 9.84 Å². The normalized spacial score (nSPS) is 27.8. The number of hydrogen-bond acceptors (Lipinski definition) is 1. The van der Waals surface area contributed by atoms with Crippen LogP contribution in [-0.4, -0.2) is 12.4 Å². The lowest BCUT2D eigenvalue weighted by Gasteiger charge is -2.30. The van der Waals surface area contributed by atoms with Crippen LogP contribution in [0.3, 0.4) is 0 Å². The van der Waals surface area contributed by atoms with Crippen LogP contribution in [0.25, 0.3) is 0 Å². The zero-order valence-electron chi connectivity index (χ0n) is 9.62. The quantitative estimate of drug-likeness (QED) is 0.655. The summed E-state index contributed by atoms with van der Waals surface area (Å²) in [6.07, 6.45) is 11.6. The van der Waals surface area contributed by atoms with E-state index in [1.165, 1.54) is 38.5 Å². The molecule has 0 N–H and O–H groups in total. The monoisotopic (exact) mass is 211 g/mol. The fraction of sp³-hybridized carbons (Fsp3) is 1.00. The third-order valence-corrected chi connectivity index (χ3v) is 3.91. The molecule has 0 heterocycles. The van der Waals surface area contributed by atoms with Crippen molar-refractivity contribution in [2.45, 2.75) is 76.6 Å². The second kappa shape index (κ2) is 5.86. The van der Waals surface area contributed by atoms with Crippen molar-refractivity contribution in [1.82, 2.24) is 0 Å². The van der Waals surface area contributed by atoms with Gasteiger partial charge in [0.25, 0.3) is 0 Å². The maximum atomic E-state index is 11.9. The summed E-state index contributed by atoms with van der Waals surface area (Å²) < 4.78 is 5.68. The first-order valence-electron chi connectivity index (χ1n) is 6.67. The minimum atomic E-state index is -0.728. The van der Waals surface area contributed by atoms with Gasteiger partial charge in [0.15, 0.2) is 6.29 Å². The Bertz CT molecular complexity index is 169. The molecule has 2 fully saturated rings. The van der Waals surface area contributed by atoms with E-state index >= 15 is 0 Å². The summed E-state index contributed by atoms with van der Waals surface area (Å²) in [5.74, 6) is 0.306. The van der Waals surface area contributed by atoms with Gasteiger partial charge >= 0.3 is 0 Å². The first-order chi connectivity index (χ1) is 7.36. The number of rotatable bonds is 3. The van der Waals surface area contributed by atoms with Gasteiger partial charge in [-0.25, -0.2) is 5.11 Å². The van der Waals surface area contributed by atoms with Gasteiger partial charge in [0, 0.05) is 5.92 Å². The lowest BCUT2D eigenvalue weighted by molar-refractivity contribution is -0.208. The first-order valence-corrected chi connectivity index (χ1v) is 6.67.